The molecular weight excluding hydrogens is 440 g/mol. The Hall–Kier alpha value is -3.43. The summed E-state index contributed by atoms with van der Waals surface area (Å²) in [7, 11) is 1.63. The van der Waals surface area contributed by atoms with Crippen LogP contribution in [0.25, 0.3) is 10.9 Å². The molecule has 0 spiro atoms. The fourth-order valence-corrected chi connectivity index (χ4v) is 3.93. The van der Waals surface area contributed by atoms with E-state index in [9.17, 15) is 22.4 Å². The van der Waals surface area contributed by atoms with E-state index in [0.29, 0.717) is 40.0 Å². The highest BCUT2D eigenvalue weighted by atomic mass is 19.4. The lowest BCUT2D eigenvalue weighted by atomic mass is 10.0. The molecule has 0 bridgehead atoms. The molecule has 33 heavy (non-hydrogen) atoms. The SMILES string of the molecule is Cc1nc(NC(C)c2cccc(C(F)(F)F)c2F)c2cc3c(cc2n1)OC(C)(C)C(=O)N3C. The number of anilines is 2. The fourth-order valence-electron chi connectivity index (χ4n) is 3.93. The molecule has 0 aliphatic carbocycles. The molecular formula is C23H22F4N4O2. The maximum Gasteiger partial charge on any atom is 0.419 e. The molecule has 174 valence electrons. The lowest BCUT2D eigenvalue weighted by molar-refractivity contribution is -0.140. The van der Waals surface area contributed by atoms with Crippen molar-refractivity contribution in [2.75, 3.05) is 17.3 Å². The maximum absolute atomic E-state index is 14.7. The van der Waals surface area contributed by atoms with Crippen LogP contribution in [0.1, 0.15) is 43.8 Å². The molecule has 1 aliphatic rings. The molecule has 0 saturated carbocycles. The lowest BCUT2D eigenvalue weighted by Gasteiger charge is -2.37. The van der Waals surface area contributed by atoms with Crippen molar-refractivity contribution in [3.63, 3.8) is 0 Å². The van der Waals surface area contributed by atoms with Gasteiger partial charge >= 0.3 is 6.18 Å². The zero-order valence-corrected chi connectivity index (χ0v) is 18.6. The van der Waals surface area contributed by atoms with E-state index in [-0.39, 0.29) is 11.5 Å². The number of benzene rings is 2. The molecule has 1 atom stereocenters. The van der Waals surface area contributed by atoms with Crippen molar-refractivity contribution in [3.8, 4) is 5.75 Å². The summed E-state index contributed by atoms with van der Waals surface area (Å²) in [5.41, 5.74) is -1.51. The van der Waals surface area contributed by atoms with Crippen LogP contribution in [0.2, 0.25) is 0 Å². The van der Waals surface area contributed by atoms with Crippen molar-refractivity contribution in [2.45, 2.75) is 45.5 Å². The molecule has 0 radical (unpaired) electrons. The van der Waals surface area contributed by atoms with Crippen LogP contribution >= 0.6 is 0 Å². The lowest BCUT2D eigenvalue weighted by Crippen LogP contribution is -2.50. The van der Waals surface area contributed by atoms with Crippen molar-refractivity contribution in [1.29, 1.82) is 0 Å². The van der Waals surface area contributed by atoms with Crippen LogP contribution in [0, 0.1) is 12.7 Å². The Morgan fingerprint density at radius 3 is 2.55 bits per heavy atom. The molecule has 1 aliphatic heterocycles. The normalized spacial score (nSPS) is 16.4. The second-order valence-electron chi connectivity index (χ2n) is 8.51. The summed E-state index contributed by atoms with van der Waals surface area (Å²) < 4.78 is 59.9. The van der Waals surface area contributed by atoms with Crippen LogP contribution in [0.15, 0.2) is 30.3 Å². The van der Waals surface area contributed by atoms with E-state index in [0.717, 1.165) is 0 Å². The molecule has 2 heterocycles. The second-order valence-corrected chi connectivity index (χ2v) is 8.51. The van der Waals surface area contributed by atoms with Crippen LogP contribution in [0.4, 0.5) is 29.1 Å². The Morgan fingerprint density at radius 1 is 1.18 bits per heavy atom. The van der Waals surface area contributed by atoms with E-state index in [2.05, 4.69) is 15.3 Å². The van der Waals surface area contributed by atoms with Gasteiger partial charge in [0.15, 0.2) is 5.60 Å². The number of hydrogen-bond acceptors (Lipinski definition) is 5. The Kier molecular flexibility index (Phi) is 5.22. The predicted molar refractivity (Wildman–Crippen MR) is 116 cm³/mol. The van der Waals surface area contributed by atoms with Gasteiger partial charge in [-0.3, -0.25) is 4.79 Å². The summed E-state index contributed by atoms with van der Waals surface area (Å²) in [6, 6.07) is 5.69. The van der Waals surface area contributed by atoms with Crippen molar-refractivity contribution < 1.29 is 27.1 Å². The minimum Gasteiger partial charge on any atom is -0.476 e. The van der Waals surface area contributed by atoms with Crippen LogP contribution in [0.3, 0.4) is 0 Å². The Labute approximate surface area is 187 Å². The molecule has 1 aromatic heterocycles. The minimum absolute atomic E-state index is 0.149. The summed E-state index contributed by atoms with van der Waals surface area (Å²) in [5, 5.41) is 3.52. The number of hydrogen-bond donors (Lipinski definition) is 1. The standard InChI is InChI=1S/C23H22F4N4O2/c1-11(13-7-6-8-15(19(13)24)23(25,26)27)28-20-14-9-17-18(10-16(14)29-12(2)30-20)33-22(3,4)21(32)31(17)5/h6-11H,1-5H3,(H,28,29,30). The number of aromatic nitrogens is 2. The quantitative estimate of drug-likeness (QED) is 0.528. The number of ether oxygens (including phenoxy) is 1. The van der Waals surface area contributed by atoms with Crippen molar-refractivity contribution >= 4 is 28.3 Å². The molecule has 3 aromatic rings. The highest BCUT2D eigenvalue weighted by Crippen LogP contribution is 2.41. The first-order chi connectivity index (χ1) is 15.3. The molecule has 6 nitrogen and oxygen atoms in total. The molecule has 1 N–H and O–H groups in total. The largest absolute Gasteiger partial charge is 0.476 e. The predicted octanol–water partition coefficient (Wildman–Crippen LogP) is 5.40. The van der Waals surface area contributed by atoms with E-state index in [1.165, 1.54) is 17.0 Å². The number of carbonyl (C=O) groups is 1. The zero-order valence-electron chi connectivity index (χ0n) is 18.6. The number of alkyl halides is 3. The Morgan fingerprint density at radius 2 is 1.88 bits per heavy atom. The Balaban J connectivity index is 1.79. The number of likely N-dealkylation sites (N-methyl/N-ethyl adjacent to an activating group) is 1. The number of rotatable bonds is 3. The van der Waals surface area contributed by atoms with Crippen molar-refractivity contribution in [3.05, 3.63) is 53.1 Å². The first-order valence-corrected chi connectivity index (χ1v) is 10.2. The van der Waals surface area contributed by atoms with Crippen LogP contribution in [-0.4, -0.2) is 28.5 Å². The number of amides is 1. The van der Waals surface area contributed by atoms with Gasteiger partial charge in [-0.05, 0) is 39.8 Å². The zero-order chi connectivity index (χ0) is 24.3. The highest BCUT2D eigenvalue weighted by molar-refractivity contribution is 6.05. The number of halogens is 4. The number of fused-ring (bicyclic) bond motifs is 2. The average molecular weight is 462 g/mol. The van der Waals surface area contributed by atoms with Crippen LogP contribution in [-0.2, 0) is 11.0 Å². The summed E-state index contributed by atoms with van der Waals surface area (Å²) in [6.07, 6.45) is -4.80. The third-order valence-corrected chi connectivity index (χ3v) is 5.59. The molecule has 0 saturated heterocycles. The fraction of sp³-hybridized carbons (Fsp3) is 0.348. The minimum atomic E-state index is -4.80. The number of nitrogens with one attached hydrogen (secondary N) is 1. The molecule has 2 aromatic carbocycles. The number of nitrogens with zero attached hydrogens (tertiary/aromatic N) is 3. The van der Waals surface area contributed by atoms with E-state index >= 15 is 0 Å². The molecule has 10 heteroatoms. The highest BCUT2D eigenvalue weighted by Gasteiger charge is 2.40. The van der Waals surface area contributed by atoms with Crippen LogP contribution in [0.5, 0.6) is 5.75 Å². The maximum atomic E-state index is 14.7. The van der Waals surface area contributed by atoms with Crippen molar-refractivity contribution in [2.24, 2.45) is 0 Å². The third kappa shape index (κ3) is 3.94. The molecule has 0 fully saturated rings. The van der Waals surface area contributed by atoms with Gasteiger partial charge in [0.2, 0.25) is 0 Å². The topological polar surface area (TPSA) is 67.4 Å². The van der Waals surface area contributed by atoms with Crippen LogP contribution < -0.4 is 15.0 Å². The van der Waals surface area contributed by atoms with Gasteiger partial charge in [-0.2, -0.15) is 13.2 Å². The van der Waals surface area contributed by atoms with Crippen molar-refractivity contribution in [1.82, 2.24) is 9.97 Å². The van der Waals surface area contributed by atoms with Gasteiger partial charge in [0.25, 0.3) is 5.91 Å². The van der Waals surface area contributed by atoms with Gasteiger partial charge in [-0.1, -0.05) is 12.1 Å². The van der Waals surface area contributed by atoms with E-state index in [4.69, 9.17) is 4.74 Å². The number of aryl methyl sites for hydroxylation is 1. The molecule has 1 unspecified atom stereocenters. The third-order valence-electron chi connectivity index (χ3n) is 5.59. The van der Waals surface area contributed by atoms with E-state index in [1.54, 1.807) is 46.9 Å². The van der Waals surface area contributed by atoms with Gasteiger partial charge in [-0.15, -0.1) is 0 Å². The average Bonchev–Trinajstić information content (AvgIpc) is 2.70. The first-order valence-electron chi connectivity index (χ1n) is 10.2. The summed E-state index contributed by atoms with van der Waals surface area (Å²) in [4.78, 5) is 22.9. The van der Waals surface area contributed by atoms with Gasteiger partial charge in [0.05, 0.1) is 22.8 Å². The van der Waals surface area contributed by atoms with Gasteiger partial charge < -0.3 is 15.0 Å². The second kappa shape index (κ2) is 7.57. The molecule has 1 amide bonds. The van der Waals surface area contributed by atoms with Gasteiger partial charge in [0.1, 0.15) is 23.2 Å². The van der Waals surface area contributed by atoms with E-state index < -0.39 is 29.2 Å². The smallest absolute Gasteiger partial charge is 0.419 e. The monoisotopic (exact) mass is 462 g/mol. The summed E-state index contributed by atoms with van der Waals surface area (Å²) in [6.45, 7) is 6.55. The first kappa shape index (κ1) is 22.8. The van der Waals surface area contributed by atoms with E-state index in [1.807, 2.05) is 0 Å². The molecule has 4 rings (SSSR count). The van der Waals surface area contributed by atoms with Gasteiger partial charge in [0, 0.05) is 24.1 Å². The number of carbonyl (C=O) groups excluding carboxylic acids is 1. The van der Waals surface area contributed by atoms with Gasteiger partial charge in [-0.25, -0.2) is 14.4 Å². The summed E-state index contributed by atoms with van der Waals surface area (Å²) in [5.74, 6) is -0.401. The summed E-state index contributed by atoms with van der Waals surface area (Å²) >= 11 is 0. The Bertz CT molecular complexity index is 1270.